The predicted octanol–water partition coefficient (Wildman–Crippen LogP) is 2.29. The molecule has 11 heteroatoms. The highest BCUT2D eigenvalue weighted by atomic mass is 32.2. The highest BCUT2D eigenvalue weighted by molar-refractivity contribution is 7.89. The highest BCUT2D eigenvalue weighted by Gasteiger charge is 2.52. The lowest BCUT2D eigenvalue weighted by Crippen LogP contribution is -2.52. The average Bonchev–Trinajstić information content (AvgIpc) is 3.28. The summed E-state index contributed by atoms with van der Waals surface area (Å²) in [4.78, 5) is 27.5. The molecule has 4 rings (SSSR count). The Hall–Kier alpha value is -1.98. The van der Waals surface area contributed by atoms with Crippen molar-refractivity contribution >= 4 is 21.8 Å². The number of likely N-dealkylation sites (tertiary alicyclic amines) is 1. The summed E-state index contributed by atoms with van der Waals surface area (Å²) in [5.74, 6) is -0.356. The number of rotatable bonds is 4. The smallest absolute Gasteiger partial charge is 0.283 e. The summed E-state index contributed by atoms with van der Waals surface area (Å²) >= 11 is 0. The highest BCUT2D eigenvalue weighted by Crippen LogP contribution is 2.46. The van der Waals surface area contributed by atoms with Crippen LogP contribution in [0.1, 0.15) is 37.7 Å². The molecule has 1 saturated carbocycles. The van der Waals surface area contributed by atoms with Crippen LogP contribution in [0.15, 0.2) is 29.2 Å². The molecule has 3 fully saturated rings. The molecule has 2 heterocycles. The quantitative estimate of drug-likeness (QED) is 0.646. The molecule has 0 aromatic heterocycles. The zero-order valence-corrected chi connectivity index (χ0v) is 17.7. The first-order chi connectivity index (χ1) is 14.5. The van der Waals surface area contributed by atoms with Gasteiger partial charge in [-0.2, -0.15) is 17.5 Å². The third-order valence-corrected chi connectivity index (χ3v) is 8.49. The van der Waals surface area contributed by atoms with Gasteiger partial charge in [-0.05, 0) is 25.0 Å². The van der Waals surface area contributed by atoms with Crippen LogP contribution in [0.3, 0.4) is 0 Å². The molecule has 1 spiro atoms. The maximum absolute atomic E-state index is 13.3. The minimum absolute atomic E-state index is 0.0180. The van der Waals surface area contributed by atoms with Crippen LogP contribution in [0, 0.1) is 5.41 Å². The number of carbonyl (C=O) groups excluding carboxylic acids is 2. The zero-order chi connectivity index (χ0) is 22.4. The topological polar surface area (TPSA) is 78.0 Å². The molecule has 7 nitrogen and oxygen atoms in total. The third kappa shape index (κ3) is 3.98. The summed E-state index contributed by atoms with van der Waals surface area (Å²) < 4.78 is 66.6. The number of carbonyl (C=O) groups is 2. The van der Waals surface area contributed by atoms with Crippen molar-refractivity contribution < 1.29 is 31.2 Å². The Bertz CT molecular complexity index is 982. The molecule has 2 saturated heterocycles. The van der Waals surface area contributed by atoms with E-state index in [1.807, 2.05) is 0 Å². The number of sulfonamides is 1. The van der Waals surface area contributed by atoms with Gasteiger partial charge in [0.15, 0.2) is 0 Å². The van der Waals surface area contributed by atoms with E-state index in [-0.39, 0.29) is 51.1 Å². The van der Waals surface area contributed by atoms with Gasteiger partial charge in [-0.15, -0.1) is 0 Å². The molecular formula is C20H24F3N3O4S. The molecule has 31 heavy (non-hydrogen) atoms. The fraction of sp³-hybridized carbons (Fsp3) is 0.600. The summed E-state index contributed by atoms with van der Waals surface area (Å²) in [5, 5.41) is 0. The first kappa shape index (κ1) is 22.2. The van der Waals surface area contributed by atoms with Crippen LogP contribution in [0.25, 0.3) is 0 Å². The van der Waals surface area contributed by atoms with Gasteiger partial charge in [-0.1, -0.05) is 25.0 Å². The Kier molecular flexibility index (Phi) is 5.63. The lowest BCUT2D eigenvalue weighted by molar-refractivity contribution is -0.144. The zero-order valence-electron chi connectivity index (χ0n) is 16.9. The van der Waals surface area contributed by atoms with E-state index in [9.17, 15) is 31.2 Å². The van der Waals surface area contributed by atoms with Crippen LogP contribution in [0.4, 0.5) is 13.2 Å². The van der Waals surface area contributed by atoms with E-state index in [4.69, 9.17) is 0 Å². The normalized spacial score (nSPS) is 23.3. The van der Waals surface area contributed by atoms with Crippen LogP contribution in [0.5, 0.6) is 0 Å². The second-order valence-corrected chi connectivity index (χ2v) is 10.4. The second kappa shape index (κ2) is 7.86. The van der Waals surface area contributed by atoms with Gasteiger partial charge < -0.3 is 0 Å². The summed E-state index contributed by atoms with van der Waals surface area (Å²) in [6.45, 7) is 0.493. The van der Waals surface area contributed by atoms with E-state index < -0.39 is 32.1 Å². The lowest BCUT2D eigenvalue weighted by Gasteiger charge is -2.36. The summed E-state index contributed by atoms with van der Waals surface area (Å²) in [5.41, 5.74) is -1.75. The van der Waals surface area contributed by atoms with Crippen LogP contribution in [0.2, 0.25) is 0 Å². The van der Waals surface area contributed by atoms with E-state index in [0.717, 1.165) is 48.2 Å². The number of halogens is 3. The first-order valence-corrected chi connectivity index (χ1v) is 11.7. The number of alkyl halides is 3. The van der Waals surface area contributed by atoms with Crippen molar-refractivity contribution in [3.8, 4) is 0 Å². The minimum atomic E-state index is -4.78. The molecule has 0 N–H and O–H groups in total. The number of benzene rings is 1. The van der Waals surface area contributed by atoms with E-state index in [1.165, 1.54) is 11.0 Å². The van der Waals surface area contributed by atoms with Crippen LogP contribution in [-0.4, -0.2) is 67.2 Å². The van der Waals surface area contributed by atoms with Crippen molar-refractivity contribution in [2.24, 2.45) is 5.41 Å². The molecule has 0 radical (unpaired) electrons. The van der Waals surface area contributed by atoms with E-state index in [0.29, 0.717) is 0 Å². The average molecular weight is 459 g/mol. The van der Waals surface area contributed by atoms with Gasteiger partial charge in [-0.25, -0.2) is 8.42 Å². The van der Waals surface area contributed by atoms with Gasteiger partial charge in [0, 0.05) is 32.6 Å². The van der Waals surface area contributed by atoms with Crippen LogP contribution in [-0.2, 0) is 25.8 Å². The number of amides is 2. The van der Waals surface area contributed by atoms with Crippen molar-refractivity contribution in [2.75, 3.05) is 32.8 Å². The van der Waals surface area contributed by atoms with E-state index >= 15 is 0 Å². The number of piperazine rings is 1. The van der Waals surface area contributed by atoms with Gasteiger partial charge in [0.1, 0.15) is 0 Å². The van der Waals surface area contributed by atoms with Crippen LogP contribution < -0.4 is 0 Å². The Morgan fingerprint density at radius 3 is 2.19 bits per heavy atom. The molecule has 0 bridgehead atoms. The van der Waals surface area contributed by atoms with Gasteiger partial charge in [0.2, 0.25) is 21.8 Å². The van der Waals surface area contributed by atoms with Crippen molar-refractivity contribution in [1.82, 2.24) is 14.1 Å². The maximum Gasteiger partial charge on any atom is 0.417 e. The molecule has 1 aliphatic carbocycles. The van der Waals surface area contributed by atoms with Crippen molar-refractivity contribution in [1.29, 1.82) is 0 Å². The molecule has 3 aliphatic rings. The minimum Gasteiger partial charge on any atom is -0.283 e. The van der Waals surface area contributed by atoms with Gasteiger partial charge >= 0.3 is 6.18 Å². The van der Waals surface area contributed by atoms with Gasteiger partial charge in [0.25, 0.3) is 0 Å². The lowest BCUT2D eigenvalue weighted by atomic mass is 9.85. The molecule has 0 atom stereocenters. The molecule has 2 aliphatic heterocycles. The second-order valence-electron chi connectivity index (χ2n) is 8.45. The fourth-order valence-corrected chi connectivity index (χ4v) is 6.46. The van der Waals surface area contributed by atoms with Gasteiger partial charge in [0.05, 0.1) is 22.5 Å². The summed E-state index contributed by atoms with van der Waals surface area (Å²) in [6.07, 6.45) is -1.24. The monoisotopic (exact) mass is 459 g/mol. The third-order valence-electron chi connectivity index (χ3n) is 6.53. The molecule has 2 amide bonds. The van der Waals surface area contributed by atoms with Crippen LogP contribution >= 0.6 is 0 Å². The SMILES string of the molecule is O=C1CC2(CCCC2)C(=O)N1CN1CCN(S(=O)(=O)c2ccccc2C(F)(F)F)CC1. The van der Waals surface area contributed by atoms with Crippen molar-refractivity contribution in [3.05, 3.63) is 29.8 Å². The molecular weight excluding hydrogens is 435 g/mol. The Balaban J connectivity index is 1.43. The molecule has 170 valence electrons. The molecule has 1 aromatic rings. The number of hydrogen-bond acceptors (Lipinski definition) is 5. The van der Waals surface area contributed by atoms with E-state index in [1.54, 1.807) is 4.90 Å². The largest absolute Gasteiger partial charge is 0.417 e. The van der Waals surface area contributed by atoms with Gasteiger partial charge in [-0.3, -0.25) is 19.4 Å². The molecule has 1 aromatic carbocycles. The Morgan fingerprint density at radius 2 is 1.58 bits per heavy atom. The first-order valence-electron chi connectivity index (χ1n) is 10.3. The molecule has 0 unspecified atom stereocenters. The standard InChI is InChI=1S/C20H24F3N3O4S/c21-20(22,23)15-5-1-2-6-16(15)31(29,30)25-11-9-24(10-12-25)14-26-17(27)13-19(18(26)28)7-3-4-8-19/h1-2,5-6H,3-4,7-14H2. The number of imide groups is 1. The fourth-order valence-electron chi connectivity index (χ4n) is 4.82. The number of hydrogen-bond donors (Lipinski definition) is 0. The summed E-state index contributed by atoms with van der Waals surface area (Å²) in [6, 6.07) is 4.14. The maximum atomic E-state index is 13.3. The summed E-state index contributed by atoms with van der Waals surface area (Å²) in [7, 11) is -4.33. The predicted molar refractivity (Wildman–Crippen MR) is 104 cm³/mol. The van der Waals surface area contributed by atoms with Crippen molar-refractivity contribution in [3.63, 3.8) is 0 Å². The van der Waals surface area contributed by atoms with E-state index in [2.05, 4.69) is 0 Å². The Morgan fingerprint density at radius 1 is 0.968 bits per heavy atom. The van der Waals surface area contributed by atoms with Crippen molar-refractivity contribution in [2.45, 2.75) is 43.2 Å². The number of nitrogens with zero attached hydrogens (tertiary/aromatic N) is 3. The Labute approximate surface area is 178 Å².